The molecule has 0 saturated heterocycles. The molecule has 1 rings (SSSR count). The Labute approximate surface area is 334 Å². The van der Waals surface area contributed by atoms with E-state index in [4.69, 9.17) is 24.3 Å². The van der Waals surface area contributed by atoms with Crippen LogP contribution in [-0.2, 0) is 32.7 Å². The molecule has 322 valence electrons. The summed E-state index contributed by atoms with van der Waals surface area (Å²) in [6.07, 6.45) is 31.9. The summed E-state index contributed by atoms with van der Waals surface area (Å²) in [6.45, 7) is 3.88. The van der Waals surface area contributed by atoms with E-state index in [9.17, 15) is 29.3 Å². The number of unbranched alkanes of at least 4 members (excludes halogenated alkanes) is 19. The molecule has 12 heteroatoms. The number of allylic oxidation sites excluding steroid dienone is 2. The van der Waals surface area contributed by atoms with Gasteiger partial charge >= 0.3 is 13.8 Å². The summed E-state index contributed by atoms with van der Waals surface area (Å²) in [6, 6.07) is 0. The molecule has 5 N–H and O–H groups in total. The first kappa shape index (κ1) is 51.4. The fourth-order valence-electron chi connectivity index (χ4n) is 7.04. The normalized spacial score (nSPS) is 19.7. The summed E-state index contributed by atoms with van der Waals surface area (Å²) in [4.78, 5) is 35.1. The molecule has 0 aromatic heterocycles. The quantitative estimate of drug-likeness (QED) is 0.0154. The number of carbonyl (C=O) groups is 2. The summed E-state index contributed by atoms with van der Waals surface area (Å²) >= 11 is 0. The largest absolute Gasteiger partial charge is 0.498 e. The zero-order valence-electron chi connectivity index (χ0n) is 34.6. The van der Waals surface area contributed by atoms with Crippen LogP contribution >= 0.6 is 7.82 Å². The number of ether oxygens (including phenoxy) is 2. The number of aliphatic hydroxyl groups is 2. The molecule has 0 bridgehead atoms. The fraction of sp³-hybridized carbons (Fsp3) is 0.860. The number of nitrogens with two attached hydrogens (primary N) is 1. The third-order valence-corrected chi connectivity index (χ3v) is 11.3. The highest BCUT2D eigenvalue weighted by atomic mass is 31.2. The molecule has 0 aromatic carbocycles. The van der Waals surface area contributed by atoms with Gasteiger partial charge in [0.15, 0.2) is 6.10 Å². The van der Waals surface area contributed by atoms with Gasteiger partial charge in [-0.1, -0.05) is 148 Å². The molecule has 0 amide bonds. The van der Waals surface area contributed by atoms with E-state index in [1.165, 1.54) is 83.5 Å². The van der Waals surface area contributed by atoms with Gasteiger partial charge in [0.1, 0.15) is 12.4 Å². The number of Topliss-reactive ketones (excluding diaryl/α,β-unsaturated/α-hetero) is 1. The zero-order valence-corrected chi connectivity index (χ0v) is 35.5. The number of phosphoric acid groups is 1. The molecule has 1 aliphatic rings. The lowest BCUT2D eigenvalue weighted by atomic mass is 9.88. The van der Waals surface area contributed by atoms with E-state index in [1.54, 1.807) is 18.4 Å². The molecular weight excluding hydrogens is 721 g/mol. The summed E-state index contributed by atoms with van der Waals surface area (Å²) in [5.41, 5.74) is 5.36. The molecule has 0 aromatic rings. The second-order valence-corrected chi connectivity index (χ2v) is 16.9. The van der Waals surface area contributed by atoms with Crippen LogP contribution in [0.4, 0.5) is 0 Å². The first-order chi connectivity index (χ1) is 26.6. The summed E-state index contributed by atoms with van der Waals surface area (Å²) < 4.78 is 33.2. The van der Waals surface area contributed by atoms with Crippen molar-refractivity contribution in [1.29, 1.82) is 0 Å². The van der Waals surface area contributed by atoms with Crippen molar-refractivity contribution in [3.63, 3.8) is 0 Å². The Hall–Kier alpha value is -1.59. The van der Waals surface area contributed by atoms with Crippen LogP contribution in [0.1, 0.15) is 181 Å². The monoisotopic (exact) mass is 802 g/mol. The maximum atomic E-state index is 12.7. The molecule has 11 nitrogen and oxygen atoms in total. The highest BCUT2D eigenvalue weighted by Gasteiger charge is 2.39. The van der Waals surface area contributed by atoms with Gasteiger partial charge in [-0.3, -0.25) is 18.6 Å². The standard InChI is InChI=1S/C43H80NO10P/c1-3-5-7-8-9-10-11-12-13-14-15-16-17-18-21-25-32-51-35-38(36-53-55(49,50)52-33-31-44)54-43(48)28-24-20-19-23-27-39-40(42(47)34-41(39)46)30-29-37(45)26-22-6-4-2/h25,29-30,32,37-41,45-46H,3-24,26-28,31,33-36,44H2,1-2H3,(H,49,50)/b30-29+,32-25+/t37-,38+,39+,40+,41-/m0/s1. The topological polar surface area (TPSA) is 175 Å². The van der Waals surface area contributed by atoms with Crippen LogP contribution in [0.3, 0.4) is 0 Å². The smallest absolute Gasteiger partial charge is 0.472 e. The van der Waals surface area contributed by atoms with E-state index in [0.717, 1.165) is 51.4 Å². The van der Waals surface area contributed by atoms with Gasteiger partial charge in [-0.25, -0.2) is 4.57 Å². The molecule has 1 saturated carbocycles. The van der Waals surface area contributed by atoms with Crippen molar-refractivity contribution in [1.82, 2.24) is 0 Å². The number of hydrogen-bond acceptors (Lipinski definition) is 10. The maximum absolute atomic E-state index is 12.7. The highest BCUT2D eigenvalue weighted by Crippen LogP contribution is 2.43. The second kappa shape index (κ2) is 34.5. The highest BCUT2D eigenvalue weighted by molar-refractivity contribution is 7.47. The van der Waals surface area contributed by atoms with E-state index in [2.05, 4.69) is 13.8 Å². The zero-order chi connectivity index (χ0) is 40.4. The van der Waals surface area contributed by atoms with Gasteiger partial charge in [0, 0.05) is 25.3 Å². The van der Waals surface area contributed by atoms with Crippen LogP contribution in [0.2, 0.25) is 0 Å². The van der Waals surface area contributed by atoms with Gasteiger partial charge in [0.05, 0.1) is 31.7 Å². The number of carbonyl (C=O) groups excluding carboxylic acids is 2. The van der Waals surface area contributed by atoms with Crippen molar-refractivity contribution in [3.8, 4) is 0 Å². The minimum Gasteiger partial charge on any atom is -0.498 e. The Bertz CT molecular complexity index is 1060. The molecule has 55 heavy (non-hydrogen) atoms. The summed E-state index contributed by atoms with van der Waals surface area (Å²) in [5, 5.41) is 20.8. The van der Waals surface area contributed by atoms with Crippen molar-refractivity contribution in [2.24, 2.45) is 17.6 Å². The van der Waals surface area contributed by atoms with Gasteiger partial charge in [-0.15, -0.1) is 0 Å². The fourth-order valence-corrected chi connectivity index (χ4v) is 7.81. The van der Waals surface area contributed by atoms with E-state index in [0.29, 0.717) is 19.3 Å². The minimum absolute atomic E-state index is 0.0174. The molecule has 6 atom stereocenters. The number of hydrogen-bond donors (Lipinski definition) is 4. The minimum atomic E-state index is -4.36. The first-order valence-electron chi connectivity index (χ1n) is 22.0. The number of phosphoric ester groups is 1. The van der Waals surface area contributed by atoms with Crippen molar-refractivity contribution in [3.05, 3.63) is 24.5 Å². The van der Waals surface area contributed by atoms with Crippen molar-refractivity contribution in [2.45, 2.75) is 199 Å². The predicted molar refractivity (Wildman–Crippen MR) is 220 cm³/mol. The molecule has 0 aliphatic heterocycles. The summed E-state index contributed by atoms with van der Waals surface area (Å²) in [5.74, 6) is -0.981. The second-order valence-electron chi connectivity index (χ2n) is 15.4. The van der Waals surface area contributed by atoms with Crippen molar-refractivity contribution in [2.75, 3.05) is 26.4 Å². The first-order valence-corrected chi connectivity index (χ1v) is 23.5. The summed E-state index contributed by atoms with van der Waals surface area (Å²) in [7, 11) is -4.36. The van der Waals surface area contributed by atoms with Crippen molar-refractivity contribution < 1.29 is 47.8 Å². The average molecular weight is 802 g/mol. The molecule has 1 fully saturated rings. The van der Waals surface area contributed by atoms with E-state index >= 15 is 0 Å². The van der Waals surface area contributed by atoms with Crippen molar-refractivity contribution >= 4 is 19.6 Å². The predicted octanol–water partition coefficient (Wildman–Crippen LogP) is 9.80. The Morgan fingerprint density at radius 3 is 2.05 bits per heavy atom. The molecule has 1 aliphatic carbocycles. The van der Waals surface area contributed by atoms with Crippen LogP contribution in [-0.4, -0.2) is 71.5 Å². The van der Waals surface area contributed by atoms with Crippen LogP contribution in [0.5, 0.6) is 0 Å². The van der Waals surface area contributed by atoms with Crippen LogP contribution in [0.15, 0.2) is 24.5 Å². The molecule has 0 heterocycles. The number of aliphatic hydroxyl groups excluding tert-OH is 2. The number of rotatable bonds is 38. The third-order valence-electron chi connectivity index (χ3n) is 10.3. The average Bonchev–Trinajstić information content (AvgIpc) is 3.43. The molecule has 0 spiro atoms. The van der Waals surface area contributed by atoms with Gasteiger partial charge in [-0.2, -0.15) is 0 Å². The van der Waals surface area contributed by atoms with Crippen LogP contribution in [0, 0.1) is 11.8 Å². The Morgan fingerprint density at radius 1 is 0.836 bits per heavy atom. The van der Waals surface area contributed by atoms with Gasteiger partial charge in [0.25, 0.3) is 0 Å². The third kappa shape index (κ3) is 28.5. The Kier molecular flexibility index (Phi) is 32.2. The Balaban J connectivity index is 2.34. The van der Waals surface area contributed by atoms with Gasteiger partial charge in [-0.05, 0) is 44.1 Å². The van der Waals surface area contributed by atoms with Gasteiger partial charge < -0.3 is 30.3 Å². The molecule has 0 radical (unpaired) electrons. The molecule has 1 unspecified atom stereocenters. The lowest BCUT2D eigenvalue weighted by Crippen LogP contribution is -2.27. The lowest BCUT2D eigenvalue weighted by Gasteiger charge is -2.19. The van der Waals surface area contributed by atoms with Gasteiger partial charge in [0.2, 0.25) is 0 Å². The maximum Gasteiger partial charge on any atom is 0.472 e. The number of esters is 1. The van der Waals surface area contributed by atoms with E-state index < -0.39 is 32.1 Å². The SMILES string of the molecule is CCCCCCCCCCCCCCCC/C=C/OC[C@H](COP(=O)(O)OCCN)OC(=O)CCCCCC[C@H]1[C@@H](O)CC(=O)[C@@H]1/C=C/[C@@H](O)CCCCC. The van der Waals surface area contributed by atoms with Crippen LogP contribution in [0.25, 0.3) is 0 Å². The number of ketones is 1. The van der Waals surface area contributed by atoms with E-state index in [1.807, 2.05) is 6.08 Å². The lowest BCUT2D eigenvalue weighted by molar-refractivity contribution is -0.153. The van der Waals surface area contributed by atoms with E-state index in [-0.39, 0.29) is 56.8 Å². The van der Waals surface area contributed by atoms with Crippen LogP contribution < -0.4 is 5.73 Å². The Morgan fingerprint density at radius 2 is 1.42 bits per heavy atom. The molecular formula is C43H80NO10P.